The van der Waals surface area contributed by atoms with Crippen LogP contribution in [-0.2, 0) is 4.79 Å². The molecule has 2 heterocycles. The highest BCUT2D eigenvalue weighted by molar-refractivity contribution is 6.28. The van der Waals surface area contributed by atoms with Crippen molar-refractivity contribution in [2.75, 3.05) is 11.9 Å². The van der Waals surface area contributed by atoms with Crippen molar-refractivity contribution in [3.8, 4) is 0 Å². The number of amides is 1. The molecule has 0 saturated heterocycles. The maximum Gasteiger partial charge on any atom is 0.236 e. The number of primary amides is 1. The monoisotopic (exact) mass is 226 g/mol. The summed E-state index contributed by atoms with van der Waals surface area (Å²) in [7, 11) is 0. The molecule has 0 saturated carbocycles. The maximum absolute atomic E-state index is 10.6. The van der Waals surface area contributed by atoms with Gasteiger partial charge in [-0.25, -0.2) is 0 Å². The summed E-state index contributed by atoms with van der Waals surface area (Å²) in [6, 6.07) is 0. The number of rotatable bonds is 3. The van der Waals surface area contributed by atoms with Crippen LogP contribution in [0.25, 0.3) is 11.0 Å². The van der Waals surface area contributed by atoms with Crippen molar-refractivity contribution < 1.29 is 4.79 Å². The van der Waals surface area contributed by atoms with E-state index < -0.39 is 5.91 Å². The van der Waals surface area contributed by atoms with E-state index in [1.165, 1.54) is 6.20 Å². The van der Waals surface area contributed by atoms with Crippen molar-refractivity contribution in [2.45, 2.75) is 0 Å². The number of hydrogen-bond acceptors (Lipinski definition) is 5. The van der Waals surface area contributed by atoms with Crippen LogP contribution in [0.4, 0.5) is 5.82 Å². The molecule has 0 aliphatic heterocycles. The molecule has 2 rings (SSSR count). The molecule has 4 N–H and O–H groups in total. The second kappa shape index (κ2) is 3.70. The first-order valence-corrected chi connectivity index (χ1v) is 4.43. The fraction of sp³-hybridized carbons (Fsp3) is 0.143. The highest BCUT2D eigenvalue weighted by atomic mass is 35.5. The second-order valence-corrected chi connectivity index (χ2v) is 3.13. The van der Waals surface area contributed by atoms with E-state index in [0.29, 0.717) is 16.9 Å². The Kier molecular flexibility index (Phi) is 2.38. The average Bonchev–Trinajstić information content (AvgIpc) is 2.61. The summed E-state index contributed by atoms with van der Waals surface area (Å²) in [4.78, 5) is 18.4. The van der Waals surface area contributed by atoms with Gasteiger partial charge in [-0.2, -0.15) is 15.1 Å². The van der Waals surface area contributed by atoms with Crippen molar-refractivity contribution >= 4 is 34.4 Å². The number of fused-ring (bicyclic) bond motifs is 1. The number of nitrogens with zero attached hydrogens (tertiary/aromatic N) is 3. The molecule has 0 radical (unpaired) electrons. The molecule has 1 amide bonds. The molecule has 2 aromatic rings. The van der Waals surface area contributed by atoms with Crippen molar-refractivity contribution in [2.24, 2.45) is 5.73 Å². The van der Waals surface area contributed by atoms with Crippen molar-refractivity contribution in [1.29, 1.82) is 0 Å². The van der Waals surface area contributed by atoms with E-state index in [1.807, 2.05) is 0 Å². The predicted octanol–water partition coefficient (Wildman–Crippen LogP) is -0.0965. The molecule has 15 heavy (non-hydrogen) atoms. The van der Waals surface area contributed by atoms with Crippen LogP contribution < -0.4 is 11.1 Å². The van der Waals surface area contributed by atoms with E-state index in [9.17, 15) is 4.79 Å². The predicted molar refractivity (Wildman–Crippen MR) is 54.4 cm³/mol. The van der Waals surface area contributed by atoms with Crippen LogP contribution >= 0.6 is 11.6 Å². The standard InChI is InChI=1S/C7H7ClN6O/c8-7-12-5(10-2-4(9)15)3-1-11-14-6(3)13-7/h1H,2H2,(H2,9,15)(H2,10,11,12,13,14). The number of aromatic amines is 1. The molecule has 0 unspecified atom stereocenters. The van der Waals surface area contributed by atoms with Gasteiger partial charge in [0.15, 0.2) is 5.65 Å². The van der Waals surface area contributed by atoms with E-state index in [-0.39, 0.29) is 11.8 Å². The Hall–Kier alpha value is -1.89. The number of anilines is 1. The molecule has 0 bridgehead atoms. The van der Waals surface area contributed by atoms with Gasteiger partial charge in [-0.3, -0.25) is 9.89 Å². The lowest BCUT2D eigenvalue weighted by molar-refractivity contribution is -0.116. The Morgan fingerprint density at radius 2 is 2.40 bits per heavy atom. The Morgan fingerprint density at radius 1 is 1.60 bits per heavy atom. The molecular formula is C7H7ClN6O. The molecule has 0 aliphatic carbocycles. The summed E-state index contributed by atoms with van der Waals surface area (Å²) in [6.07, 6.45) is 1.54. The Morgan fingerprint density at radius 3 is 3.13 bits per heavy atom. The number of nitrogens with one attached hydrogen (secondary N) is 2. The van der Waals surface area contributed by atoms with Gasteiger partial charge in [0.05, 0.1) is 18.1 Å². The van der Waals surface area contributed by atoms with Gasteiger partial charge >= 0.3 is 0 Å². The van der Waals surface area contributed by atoms with E-state index in [0.717, 1.165) is 0 Å². The number of H-pyrrole nitrogens is 1. The molecule has 0 aromatic carbocycles. The largest absolute Gasteiger partial charge is 0.368 e. The minimum atomic E-state index is -0.485. The molecule has 7 nitrogen and oxygen atoms in total. The molecule has 8 heteroatoms. The molecular weight excluding hydrogens is 220 g/mol. The fourth-order valence-electron chi connectivity index (χ4n) is 1.11. The van der Waals surface area contributed by atoms with Gasteiger partial charge in [0.25, 0.3) is 0 Å². The van der Waals surface area contributed by atoms with E-state index in [1.54, 1.807) is 0 Å². The smallest absolute Gasteiger partial charge is 0.236 e. The lowest BCUT2D eigenvalue weighted by Crippen LogP contribution is -2.22. The first-order chi connectivity index (χ1) is 7.16. The Balaban J connectivity index is 2.39. The zero-order chi connectivity index (χ0) is 10.8. The van der Waals surface area contributed by atoms with Crippen LogP contribution in [0.15, 0.2) is 6.20 Å². The van der Waals surface area contributed by atoms with Gasteiger partial charge in [-0.15, -0.1) is 0 Å². The van der Waals surface area contributed by atoms with E-state index in [4.69, 9.17) is 17.3 Å². The highest BCUT2D eigenvalue weighted by Gasteiger charge is 2.08. The molecule has 0 fully saturated rings. The van der Waals surface area contributed by atoms with Crippen LogP contribution in [-0.4, -0.2) is 32.6 Å². The second-order valence-electron chi connectivity index (χ2n) is 2.79. The zero-order valence-corrected chi connectivity index (χ0v) is 8.25. The normalized spacial score (nSPS) is 10.5. The first kappa shape index (κ1) is 9.66. The molecule has 0 atom stereocenters. The fourth-order valence-corrected chi connectivity index (χ4v) is 1.28. The third-order valence-corrected chi connectivity index (χ3v) is 1.88. The Labute approximate surface area is 89.0 Å². The summed E-state index contributed by atoms with van der Waals surface area (Å²) in [5, 5.41) is 9.90. The lowest BCUT2D eigenvalue weighted by atomic mass is 10.4. The molecule has 0 spiro atoms. The third-order valence-electron chi connectivity index (χ3n) is 1.71. The zero-order valence-electron chi connectivity index (χ0n) is 7.49. The molecule has 78 valence electrons. The minimum Gasteiger partial charge on any atom is -0.368 e. The van der Waals surface area contributed by atoms with Crippen molar-refractivity contribution in [1.82, 2.24) is 20.2 Å². The average molecular weight is 227 g/mol. The molecule has 2 aromatic heterocycles. The van der Waals surface area contributed by atoms with Gasteiger partial charge in [0.2, 0.25) is 11.2 Å². The summed E-state index contributed by atoms with van der Waals surface area (Å²) in [6.45, 7) is -0.0202. The van der Waals surface area contributed by atoms with Crippen LogP contribution in [0.2, 0.25) is 5.28 Å². The maximum atomic E-state index is 10.6. The number of halogens is 1. The number of nitrogens with two attached hydrogens (primary N) is 1. The first-order valence-electron chi connectivity index (χ1n) is 4.05. The summed E-state index contributed by atoms with van der Waals surface area (Å²) >= 11 is 5.67. The quantitative estimate of drug-likeness (QED) is 0.634. The molecule has 0 aliphatic rings. The number of carbonyl (C=O) groups is 1. The highest BCUT2D eigenvalue weighted by Crippen LogP contribution is 2.19. The lowest BCUT2D eigenvalue weighted by Gasteiger charge is -2.03. The number of carbonyl (C=O) groups excluding carboxylic acids is 1. The van der Waals surface area contributed by atoms with Gasteiger partial charge in [0.1, 0.15) is 5.82 Å². The summed E-state index contributed by atoms with van der Waals surface area (Å²) < 4.78 is 0. The number of aromatic nitrogens is 4. The van der Waals surface area contributed by atoms with Gasteiger partial charge in [-0.1, -0.05) is 0 Å². The topological polar surface area (TPSA) is 110 Å². The van der Waals surface area contributed by atoms with Gasteiger partial charge < -0.3 is 11.1 Å². The van der Waals surface area contributed by atoms with Crippen LogP contribution in [0, 0.1) is 0 Å². The number of hydrogen-bond donors (Lipinski definition) is 3. The summed E-state index contributed by atoms with van der Waals surface area (Å²) in [5.41, 5.74) is 5.50. The van der Waals surface area contributed by atoms with Crippen LogP contribution in [0.1, 0.15) is 0 Å². The Bertz CT molecular complexity index is 509. The van der Waals surface area contributed by atoms with Crippen molar-refractivity contribution in [3.63, 3.8) is 0 Å². The SMILES string of the molecule is NC(=O)CNc1nc(Cl)nc2[nH]ncc12. The van der Waals surface area contributed by atoms with Crippen LogP contribution in [0.3, 0.4) is 0 Å². The van der Waals surface area contributed by atoms with Gasteiger partial charge in [0, 0.05) is 0 Å². The van der Waals surface area contributed by atoms with Gasteiger partial charge in [-0.05, 0) is 11.6 Å². The van der Waals surface area contributed by atoms with Crippen molar-refractivity contribution in [3.05, 3.63) is 11.5 Å². The van der Waals surface area contributed by atoms with E-state index in [2.05, 4.69) is 25.5 Å². The van der Waals surface area contributed by atoms with E-state index >= 15 is 0 Å². The minimum absolute atomic E-state index is 0.0202. The third kappa shape index (κ3) is 1.96. The summed E-state index contributed by atoms with van der Waals surface area (Å²) in [5.74, 6) is -0.0565. The van der Waals surface area contributed by atoms with Crippen LogP contribution in [0.5, 0.6) is 0 Å².